The molecule has 0 aliphatic rings. The van der Waals surface area contributed by atoms with Crippen LogP contribution in [0.25, 0.3) is 99.4 Å². The Morgan fingerprint density at radius 3 is 1.50 bits per heavy atom. The molecule has 3 heterocycles. The molecule has 242 valence electrons. The van der Waals surface area contributed by atoms with Crippen molar-refractivity contribution in [1.29, 1.82) is 0 Å². The molecule has 0 radical (unpaired) electrons. The fraction of sp³-hybridized carbons (Fsp3) is 0. The van der Waals surface area contributed by atoms with Crippen LogP contribution in [-0.2, 0) is 0 Å². The molecule has 0 atom stereocenters. The second-order valence-electron chi connectivity index (χ2n) is 13.6. The van der Waals surface area contributed by atoms with Crippen LogP contribution >= 0.6 is 0 Å². The fourth-order valence-corrected chi connectivity index (χ4v) is 8.42. The van der Waals surface area contributed by atoms with E-state index >= 15 is 0 Å². The number of benzene rings is 8. The Kier molecular flexibility index (Phi) is 6.25. The Morgan fingerprint density at radius 2 is 0.808 bits per heavy atom. The van der Waals surface area contributed by atoms with Crippen molar-refractivity contribution in [1.82, 2.24) is 14.1 Å². The van der Waals surface area contributed by atoms with E-state index < -0.39 is 0 Å². The quantitative estimate of drug-likeness (QED) is 0.168. The largest absolute Gasteiger partial charge is 0.309 e. The number of rotatable bonds is 5. The lowest BCUT2D eigenvalue weighted by atomic mass is 9.97. The third-order valence-corrected chi connectivity index (χ3v) is 10.7. The van der Waals surface area contributed by atoms with E-state index in [4.69, 9.17) is 4.98 Å². The van der Waals surface area contributed by atoms with Crippen molar-refractivity contribution < 1.29 is 0 Å². The van der Waals surface area contributed by atoms with Gasteiger partial charge in [-0.15, -0.1) is 0 Å². The van der Waals surface area contributed by atoms with Crippen LogP contribution in [0.4, 0.5) is 0 Å². The molecule has 0 saturated heterocycles. The van der Waals surface area contributed by atoms with Gasteiger partial charge in [-0.1, -0.05) is 133 Å². The number of hydrogen-bond acceptors (Lipinski definition) is 1. The van der Waals surface area contributed by atoms with Crippen LogP contribution in [0.5, 0.6) is 0 Å². The average Bonchev–Trinajstić information content (AvgIpc) is 3.76. The van der Waals surface area contributed by atoms with Crippen LogP contribution < -0.4 is 0 Å². The molecule has 3 heteroatoms. The van der Waals surface area contributed by atoms with Gasteiger partial charge in [0.1, 0.15) is 0 Å². The third kappa shape index (κ3) is 4.23. The summed E-state index contributed by atoms with van der Waals surface area (Å²) < 4.78 is 4.89. The van der Waals surface area contributed by atoms with Crippen LogP contribution in [0, 0.1) is 0 Å². The summed E-state index contributed by atoms with van der Waals surface area (Å²) in [5.74, 6) is 0. The summed E-state index contributed by atoms with van der Waals surface area (Å²) in [6.07, 6.45) is 0. The summed E-state index contributed by atoms with van der Waals surface area (Å²) in [5.41, 5.74) is 13.6. The van der Waals surface area contributed by atoms with E-state index in [1.165, 1.54) is 65.6 Å². The first-order valence-corrected chi connectivity index (χ1v) is 17.8. The van der Waals surface area contributed by atoms with Crippen molar-refractivity contribution in [2.24, 2.45) is 0 Å². The Hall–Kier alpha value is -6.97. The predicted molar refractivity (Wildman–Crippen MR) is 218 cm³/mol. The van der Waals surface area contributed by atoms with Gasteiger partial charge >= 0.3 is 0 Å². The molecule has 3 aromatic heterocycles. The third-order valence-electron chi connectivity index (χ3n) is 10.7. The van der Waals surface area contributed by atoms with Gasteiger partial charge in [-0.25, -0.2) is 4.98 Å². The molecule has 0 amide bonds. The maximum atomic E-state index is 5.20. The van der Waals surface area contributed by atoms with Gasteiger partial charge in [0, 0.05) is 49.4 Å². The molecule has 52 heavy (non-hydrogen) atoms. The van der Waals surface area contributed by atoms with Gasteiger partial charge in [-0.05, 0) is 71.1 Å². The number of pyridine rings is 1. The molecule has 0 spiro atoms. The van der Waals surface area contributed by atoms with Crippen molar-refractivity contribution in [3.8, 4) is 45.0 Å². The average molecular weight is 662 g/mol. The molecular weight excluding hydrogens is 631 g/mol. The van der Waals surface area contributed by atoms with Crippen LogP contribution in [0.3, 0.4) is 0 Å². The highest BCUT2D eigenvalue weighted by atomic mass is 15.0. The first kappa shape index (κ1) is 28.8. The SMILES string of the molecule is c1ccc(-c2cc(-c3ccccc3)nc(-c3ccc(-n4c5ccccc5c5c6cccc7c6c6c(cccc6n7-c6ccccc6)c54)cc3)c2)cc1. The number of aromatic nitrogens is 3. The first-order valence-electron chi connectivity index (χ1n) is 17.8. The minimum absolute atomic E-state index is 0.953. The van der Waals surface area contributed by atoms with Gasteiger partial charge in [0.2, 0.25) is 0 Å². The number of hydrogen-bond donors (Lipinski definition) is 0. The van der Waals surface area contributed by atoms with Crippen LogP contribution in [-0.4, -0.2) is 14.1 Å². The van der Waals surface area contributed by atoms with E-state index in [1.54, 1.807) is 0 Å². The van der Waals surface area contributed by atoms with Crippen molar-refractivity contribution in [2.75, 3.05) is 0 Å². The monoisotopic (exact) mass is 661 g/mol. The van der Waals surface area contributed by atoms with Crippen molar-refractivity contribution in [3.63, 3.8) is 0 Å². The normalized spacial score (nSPS) is 11.8. The van der Waals surface area contributed by atoms with Crippen LogP contribution in [0.1, 0.15) is 0 Å². The summed E-state index contributed by atoms with van der Waals surface area (Å²) >= 11 is 0. The topological polar surface area (TPSA) is 22.8 Å². The van der Waals surface area contributed by atoms with Gasteiger partial charge in [0.05, 0.1) is 33.5 Å². The standard InChI is InChI=1S/C49H31N3/c1-4-14-32(15-5-1)35-30-41(33-16-6-2-7-17-33)50-42(31-35)34-26-28-37(29-27-34)52-43-23-11-10-20-38(43)46-39-21-12-24-44-47(39)48-40(49(46)52)22-13-25-45(48)51(44)36-18-8-3-9-19-36/h1-31H. The molecule has 0 saturated carbocycles. The highest BCUT2D eigenvalue weighted by molar-refractivity contribution is 6.38. The predicted octanol–water partition coefficient (Wildman–Crippen LogP) is 12.9. The molecule has 0 bridgehead atoms. The van der Waals surface area contributed by atoms with Gasteiger partial charge in [0.15, 0.2) is 0 Å². The zero-order chi connectivity index (χ0) is 34.2. The highest BCUT2D eigenvalue weighted by Gasteiger charge is 2.24. The molecule has 0 unspecified atom stereocenters. The van der Waals surface area contributed by atoms with Gasteiger partial charge in [0.25, 0.3) is 0 Å². The van der Waals surface area contributed by atoms with E-state index in [1.807, 2.05) is 6.07 Å². The first-order chi connectivity index (χ1) is 25.8. The summed E-state index contributed by atoms with van der Waals surface area (Å²) in [6.45, 7) is 0. The smallest absolute Gasteiger partial charge is 0.0715 e. The zero-order valence-electron chi connectivity index (χ0n) is 28.2. The maximum Gasteiger partial charge on any atom is 0.0715 e. The molecule has 0 aliphatic heterocycles. The lowest BCUT2D eigenvalue weighted by molar-refractivity contribution is 1.18. The summed E-state index contributed by atoms with van der Waals surface area (Å²) in [7, 11) is 0. The lowest BCUT2D eigenvalue weighted by Gasteiger charge is -2.13. The van der Waals surface area contributed by atoms with Gasteiger partial charge in [-0.3, -0.25) is 0 Å². The second kappa shape index (κ2) is 11.3. The summed E-state index contributed by atoms with van der Waals surface area (Å²) in [5, 5.41) is 7.72. The number of nitrogens with zero attached hydrogens (tertiary/aromatic N) is 3. The Balaban J connectivity index is 1.15. The van der Waals surface area contributed by atoms with E-state index in [0.29, 0.717) is 0 Å². The minimum Gasteiger partial charge on any atom is -0.309 e. The molecule has 11 aromatic rings. The van der Waals surface area contributed by atoms with Crippen molar-refractivity contribution in [3.05, 3.63) is 188 Å². The summed E-state index contributed by atoms with van der Waals surface area (Å²) in [6, 6.07) is 67.6. The fourth-order valence-electron chi connectivity index (χ4n) is 8.42. The van der Waals surface area contributed by atoms with E-state index in [0.717, 1.165) is 33.8 Å². The molecule has 11 rings (SSSR count). The minimum atomic E-state index is 0.953. The van der Waals surface area contributed by atoms with Crippen molar-refractivity contribution in [2.45, 2.75) is 0 Å². The second-order valence-corrected chi connectivity index (χ2v) is 13.6. The highest BCUT2D eigenvalue weighted by Crippen LogP contribution is 2.47. The molecule has 0 aliphatic carbocycles. The van der Waals surface area contributed by atoms with Crippen molar-refractivity contribution >= 4 is 54.4 Å². The number of fused-ring (bicyclic) bond motifs is 5. The van der Waals surface area contributed by atoms with E-state index in [-0.39, 0.29) is 0 Å². The van der Waals surface area contributed by atoms with Gasteiger partial charge < -0.3 is 9.13 Å². The molecule has 8 aromatic carbocycles. The molecule has 0 N–H and O–H groups in total. The van der Waals surface area contributed by atoms with Crippen LogP contribution in [0.15, 0.2) is 188 Å². The number of para-hydroxylation sites is 2. The Labute approximate surface area is 300 Å². The maximum absolute atomic E-state index is 5.20. The van der Waals surface area contributed by atoms with E-state index in [2.05, 4.69) is 191 Å². The van der Waals surface area contributed by atoms with Crippen LogP contribution in [0.2, 0.25) is 0 Å². The molecular formula is C49H31N3. The van der Waals surface area contributed by atoms with Gasteiger partial charge in [-0.2, -0.15) is 0 Å². The molecule has 3 nitrogen and oxygen atoms in total. The Bertz CT molecular complexity index is 3020. The molecule has 0 fully saturated rings. The zero-order valence-corrected chi connectivity index (χ0v) is 28.2. The van der Waals surface area contributed by atoms with E-state index in [9.17, 15) is 0 Å². The summed E-state index contributed by atoms with van der Waals surface area (Å²) in [4.78, 5) is 5.20. The lowest BCUT2D eigenvalue weighted by Crippen LogP contribution is -1.96. The Morgan fingerprint density at radius 1 is 0.308 bits per heavy atom.